The number of aromatic amines is 1. The van der Waals surface area contributed by atoms with E-state index < -0.39 is 12.0 Å². The highest BCUT2D eigenvalue weighted by atomic mass is 16.4. The second kappa shape index (κ2) is 6.51. The van der Waals surface area contributed by atoms with Crippen molar-refractivity contribution in [2.24, 2.45) is 0 Å². The number of hydrogen-bond donors (Lipinski definition) is 2. The third kappa shape index (κ3) is 3.57. The third-order valence-electron chi connectivity index (χ3n) is 3.70. The molecule has 1 fully saturated rings. The van der Waals surface area contributed by atoms with Gasteiger partial charge in [0.05, 0.1) is 6.20 Å². The molecule has 2 N–H and O–H groups in total. The van der Waals surface area contributed by atoms with Crippen LogP contribution in [0, 0.1) is 0 Å². The fourth-order valence-electron chi connectivity index (χ4n) is 2.38. The fraction of sp³-hybridized carbons (Fsp3) is 0.615. The first-order chi connectivity index (χ1) is 9.58. The number of hydrogen-bond acceptors (Lipinski definition) is 4. The summed E-state index contributed by atoms with van der Waals surface area (Å²) in [6.07, 6.45) is 5.57. The van der Waals surface area contributed by atoms with Crippen molar-refractivity contribution in [2.75, 3.05) is 26.7 Å². The molecule has 0 spiro atoms. The number of nitrogens with one attached hydrogen (secondary N) is 1. The zero-order chi connectivity index (χ0) is 14.5. The summed E-state index contributed by atoms with van der Waals surface area (Å²) in [6, 6.07) is -0.596. The van der Waals surface area contributed by atoms with E-state index >= 15 is 0 Å². The van der Waals surface area contributed by atoms with Gasteiger partial charge in [-0.2, -0.15) is 5.10 Å². The molecule has 1 amide bonds. The largest absolute Gasteiger partial charge is 0.480 e. The fourth-order valence-corrected chi connectivity index (χ4v) is 2.38. The molecule has 1 atom stereocenters. The van der Waals surface area contributed by atoms with Gasteiger partial charge in [-0.1, -0.05) is 0 Å². The molecule has 1 aromatic heterocycles. The van der Waals surface area contributed by atoms with E-state index in [2.05, 4.69) is 10.2 Å². The van der Waals surface area contributed by atoms with Crippen molar-refractivity contribution in [2.45, 2.75) is 25.3 Å². The molecule has 0 saturated carbocycles. The highest BCUT2D eigenvalue weighted by molar-refractivity contribution is 5.79. The number of carboxylic acids is 1. The van der Waals surface area contributed by atoms with Gasteiger partial charge < -0.3 is 10.0 Å². The number of aromatic nitrogens is 2. The minimum absolute atomic E-state index is 0.0350. The average Bonchev–Trinajstić information content (AvgIpc) is 2.92. The lowest BCUT2D eigenvalue weighted by Crippen LogP contribution is -2.56. The van der Waals surface area contributed by atoms with Crippen LogP contribution >= 0.6 is 0 Å². The van der Waals surface area contributed by atoms with E-state index in [9.17, 15) is 9.59 Å². The Morgan fingerprint density at radius 3 is 2.95 bits per heavy atom. The van der Waals surface area contributed by atoms with Gasteiger partial charge in [0.1, 0.15) is 6.04 Å². The molecular formula is C13H20N4O3. The molecule has 0 radical (unpaired) electrons. The Balaban J connectivity index is 1.78. The van der Waals surface area contributed by atoms with Crippen molar-refractivity contribution in [3.05, 3.63) is 18.0 Å². The van der Waals surface area contributed by atoms with Gasteiger partial charge in [0.25, 0.3) is 0 Å². The third-order valence-corrected chi connectivity index (χ3v) is 3.70. The highest BCUT2D eigenvalue weighted by Gasteiger charge is 2.31. The zero-order valence-electron chi connectivity index (χ0n) is 11.6. The normalized spacial score (nSPS) is 20.1. The number of nitrogens with zero attached hydrogens (tertiary/aromatic N) is 3. The Morgan fingerprint density at radius 2 is 2.30 bits per heavy atom. The number of piperazine rings is 1. The molecule has 1 aliphatic heterocycles. The molecule has 1 aliphatic rings. The number of H-pyrrole nitrogens is 1. The van der Waals surface area contributed by atoms with Gasteiger partial charge in [0.2, 0.25) is 5.91 Å². The van der Waals surface area contributed by atoms with Gasteiger partial charge in [-0.15, -0.1) is 0 Å². The summed E-state index contributed by atoms with van der Waals surface area (Å²) < 4.78 is 0. The van der Waals surface area contributed by atoms with Crippen LogP contribution in [-0.4, -0.2) is 69.7 Å². The van der Waals surface area contributed by atoms with E-state index in [1.807, 2.05) is 6.20 Å². The van der Waals surface area contributed by atoms with Crippen molar-refractivity contribution in [3.8, 4) is 0 Å². The SMILES string of the molecule is CN1CCN(C(=O)CCCc2cn[nH]c2)C[C@H]1C(=O)O. The van der Waals surface area contributed by atoms with Gasteiger partial charge in [0.15, 0.2) is 0 Å². The first-order valence-electron chi connectivity index (χ1n) is 6.76. The second-order valence-corrected chi connectivity index (χ2v) is 5.13. The number of amides is 1. The van der Waals surface area contributed by atoms with E-state index in [1.54, 1.807) is 23.0 Å². The number of rotatable bonds is 5. The summed E-state index contributed by atoms with van der Waals surface area (Å²) in [7, 11) is 1.78. The molecule has 0 unspecified atom stereocenters. The minimum Gasteiger partial charge on any atom is -0.480 e. The number of carbonyl (C=O) groups is 2. The molecule has 20 heavy (non-hydrogen) atoms. The van der Waals surface area contributed by atoms with Crippen LogP contribution in [0.1, 0.15) is 18.4 Å². The lowest BCUT2D eigenvalue weighted by Gasteiger charge is -2.37. The summed E-state index contributed by atoms with van der Waals surface area (Å²) in [5.41, 5.74) is 1.08. The summed E-state index contributed by atoms with van der Waals surface area (Å²) in [6.45, 7) is 1.48. The van der Waals surface area contributed by atoms with Crippen LogP contribution in [0.4, 0.5) is 0 Å². The number of aryl methyl sites for hydroxylation is 1. The molecule has 0 bridgehead atoms. The molecule has 7 nitrogen and oxygen atoms in total. The molecule has 0 aliphatic carbocycles. The van der Waals surface area contributed by atoms with Crippen molar-refractivity contribution in [1.29, 1.82) is 0 Å². The summed E-state index contributed by atoms with van der Waals surface area (Å²) in [4.78, 5) is 26.6. The molecule has 1 saturated heterocycles. The zero-order valence-corrected chi connectivity index (χ0v) is 11.6. The van der Waals surface area contributed by atoms with Gasteiger partial charge in [-0.05, 0) is 25.5 Å². The summed E-state index contributed by atoms with van der Waals surface area (Å²) in [5.74, 6) is -0.837. The van der Waals surface area contributed by atoms with Crippen LogP contribution in [0.25, 0.3) is 0 Å². The van der Waals surface area contributed by atoms with Crippen molar-refractivity contribution < 1.29 is 14.7 Å². The van der Waals surface area contributed by atoms with Crippen LogP contribution in [0.2, 0.25) is 0 Å². The Kier molecular flexibility index (Phi) is 4.73. The van der Waals surface area contributed by atoms with Gasteiger partial charge in [0, 0.05) is 32.3 Å². The average molecular weight is 280 g/mol. The van der Waals surface area contributed by atoms with Crippen LogP contribution in [-0.2, 0) is 16.0 Å². The van der Waals surface area contributed by atoms with E-state index in [0.29, 0.717) is 19.5 Å². The van der Waals surface area contributed by atoms with E-state index in [0.717, 1.165) is 18.4 Å². The Bertz CT molecular complexity index is 460. The van der Waals surface area contributed by atoms with E-state index in [4.69, 9.17) is 5.11 Å². The second-order valence-electron chi connectivity index (χ2n) is 5.13. The maximum Gasteiger partial charge on any atom is 0.322 e. The summed E-state index contributed by atoms with van der Waals surface area (Å²) >= 11 is 0. The minimum atomic E-state index is -0.872. The number of carboxylic acid groups (broad SMARTS) is 1. The van der Waals surface area contributed by atoms with Crippen LogP contribution in [0.3, 0.4) is 0 Å². The van der Waals surface area contributed by atoms with Crippen molar-refractivity contribution in [1.82, 2.24) is 20.0 Å². The topological polar surface area (TPSA) is 89.5 Å². The van der Waals surface area contributed by atoms with E-state index in [-0.39, 0.29) is 12.5 Å². The number of aliphatic carboxylic acids is 1. The predicted molar refractivity (Wildman–Crippen MR) is 72.2 cm³/mol. The van der Waals surface area contributed by atoms with Gasteiger partial charge in [-0.25, -0.2) is 0 Å². The lowest BCUT2D eigenvalue weighted by molar-refractivity contribution is -0.147. The number of likely N-dealkylation sites (N-methyl/N-ethyl adjacent to an activating group) is 1. The van der Waals surface area contributed by atoms with Crippen LogP contribution in [0.5, 0.6) is 0 Å². The smallest absolute Gasteiger partial charge is 0.322 e. The summed E-state index contributed by atoms with van der Waals surface area (Å²) in [5, 5.41) is 15.7. The molecule has 0 aromatic carbocycles. The van der Waals surface area contributed by atoms with Crippen molar-refractivity contribution >= 4 is 11.9 Å². The molecule has 2 rings (SSSR count). The first kappa shape index (κ1) is 14.5. The Labute approximate surface area is 117 Å². The maximum atomic E-state index is 12.1. The molecule has 1 aromatic rings. The van der Waals surface area contributed by atoms with Gasteiger partial charge >= 0.3 is 5.97 Å². The molecule has 2 heterocycles. The molecule has 110 valence electrons. The standard InChI is InChI=1S/C13H20N4O3/c1-16-5-6-17(9-11(16)13(19)20)12(18)4-2-3-10-7-14-15-8-10/h7-8,11H,2-6,9H2,1H3,(H,14,15)(H,19,20)/t11-/m0/s1. The lowest BCUT2D eigenvalue weighted by atomic mass is 10.1. The monoisotopic (exact) mass is 280 g/mol. The molecule has 7 heteroatoms. The number of carbonyl (C=O) groups excluding carboxylic acids is 1. The van der Waals surface area contributed by atoms with Gasteiger partial charge in [-0.3, -0.25) is 19.6 Å². The molecular weight excluding hydrogens is 260 g/mol. The first-order valence-corrected chi connectivity index (χ1v) is 6.76. The Morgan fingerprint density at radius 1 is 1.50 bits per heavy atom. The van der Waals surface area contributed by atoms with Crippen molar-refractivity contribution in [3.63, 3.8) is 0 Å². The highest BCUT2D eigenvalue weighted by Crippen LogP contribution is 2.11. The van der Waals surface area contributed by atoms with Crippen LogP contribution in [0.15, 0.2) is 12.4 Å². The van der Waals surface area contributed by atoms with Crippen LogP contribution < -0.4 is 0 Å². The van der Waals surface area contributed by atoms with E-state index in [1.165, 1.54) is 0 Å². The Hall–Kier alpha value is -1.89. The quantitative estimate of drug-likeness (QED) is 0.790. The predicted octanol–water partition coefficient (Wildman–Crippen LogP) is -0.0404. The maximum absolute atomic E-state index is 12.1.